The van der Waals surface area contributed by atoms with E-state index in [4.69, 9.17) is 4.74 Å². The van der Waals surface area contributed by atoms with Crippen molar-refractivity contribution in [1.29, 1.82) is 5.26 Å². The molecule has 3 nitrogen and oxygen atoms in total. The smallest absolute Gasteiger partial charge is 0.0752 e. The summed E-state index contributed by atoms with van der Waals surface area (Å²) in [6.45, 7) is 2.90. The van der Waals surface area contributed by atoms with E-state index in [0.717, 1.165) is 25.7 Å². The number of hydrogen-bond donors (Lipinski definition) is 0. The zero-order valence-corrected chi connectivity index (χ0v) is 20.0. The van der Waals surface area contributed by atoms with Gasteiger partial charge in [-0.1, -0.05) is 99.7 Å². The predicted molar refractivity (Wildman–Crippen MR) is 132 cm³/mol. The van der Waals surface area contributed by atoms with E-state index < -0.39 is 0 Å². The molecule has 0 bridgehead atoms. The van der Waals surface area contributed by atoms with Crippen LogP contribution in [0.5, 0.6) is 0 Å². The van der Waals surface area contributed by atoms with E-state index in [0.29, 0.717) is 18.7 Å². The van der Waals surface area contributed by atoms with E-state index in [1.165, 1.54) is 43.2 Å². The summed E-state index contributed by atoms with van der Waals surface area (Å²) in [6.07, 6.45) is 10.5. The van der Waals surface area contributed by atoms with Crippen molar-refractivity contribution in [2.45, 2.75) is 89.5 Å². The zero-order chi connectivity index (χ0) is 22.6. The number of nitriles is 1. The van der Waals surface area contributed by atoms with Crippen LogP contribution < -0.4 is 0 Å². The molecule has 0 amide bonds. The topological polar surface area (TPSA) is 36.3 Å². The Labute approximate surface area is 195 Å². The molecule has 1 aliphatic rings. The summed E-state index contributed by atoms with van der Waals surface area (Å²) in [6, 6.07) is 24.5. The molecular weight excluding hydrogens is 392 g/mol. The minimum atomic E-state index is 0.148. The van der Waals surface area contributed by atoms with Gasteiger partial charge in [0.15, 0.2) is 0 Å². The van der Waals surface area contributed by atoms with Crippen LogP contribution in [-0.2, 0) is 17.8 Å². The Morgan fingerprint density at radius 2 is 1.62 bits per heavy atom. The fraction of sp³-hybridized carbons (Fsp3) is 0.552. The van der Waals surface area contributed by atoms with Crippen molar-refractivity contribution in [3.8, 4) is 6.07 Å². The van der Waals surface area contributed by atoms with Crippen molar-refractivity contribution in [3.05, 3.63) is 71.8 Å². The van der Waals surface area contributed by atoms with Gasteiger partial charge in [0.1, 0.15) is 0 Å². The first kappa shape index (κ1) is 24.5. The molecule has 1 fully saturated rings. The van der Waals surface area contributed by atoms with Crippen LogP contribution in [0.25, 0.3) is 0 Å². The van der Waals surface area contributed by atoms with E-state index in [-0.39, 0.29) is 12.0 Å². The number of hydrogen-bond acceptors (Lipinski definition) is 3. The highest BCUT2D eigenvalue weighted by atomic mass is 16.5. The Hall–Kier alpha value is -2.15. The van der Waals surface area contributed by atoms with E-state index in [9.17, 15) is 5.26 Å². The molecule has 1 saturated heterocycles. The van der Waals surface area contributed by atoms with Crippen LogP contribution in [0.15, 0.2) is 60.7 Å². The van der Waals surface area contributed by atoms with Crippen molar-refractivity contribution < 1.29 is 4.74 Å². The molecule has 2 aromatic carbocycles. The molecule has 0 aromatic heterocycles. The molecule has 1 aliphatic heterocycles. The first-order valence-corrected chi connectivity index (χ1v) is 12.5. The highest BCUT2D eigenvalue weighted by Crippen LogP contribution is 2.33. The highest BCUT2D eigenvalue weighted by Gasteiger charge is 2.40. The molecule has 0 saturated carbocycles. The predicted octanol–water partition coefficient (Wildman–Crippen LogP) is 6.78. The standard InChI is InChI=1S/C29H40N2O/c1-3-4-5-6-9-18-26(22-30)19-27-21-29(32-23-25-16-12-8-13-17-25)28(31(27)2)20-24-14-10-7-11-15-24/h7-8,10-17,26-29H,3-6,9,18-21,23H2,1-2H3/t26?,27-,28+,29+/m1/s1. The minimum absolute atomic E-state index is 0.148. The number of rotatable bonds is 13. The first-order valence-electron chi connectivity index (χ1n) is 12.5. The molecule has 32 heavy (non-hydrogen) atoms. The molecule has 1 heterocycles. The second-order valence-electron chi connectivity index (χ2n) is 9.41. The Morgan fingerprint density at radius 3 is 2.28 bits per heavy atom. The number of ether oxygens (including phenoxy) is 1. The summed E-state index contributed by atoms with van der Waals surface area (Å²) in [5.41, 5.74) is 2.57. The van der Waals surface area contributed by atoms with E-state index in [1.54, 1.807) is 0 Å². The summed E-state index contributed by atoms with van der Waals surface area (Å²) in [7, 11) is 2.24. The van der Waals surface area contributed by atoms with Gasteiger partial charge in [-0.25, -0.2) is 0 Å². The van der Waals surface area contributed by atoms with Crippen LogP contribution in [0.4, 0.5) is 0 Å². The average Bonchev–Trinajstić information content (AvgIpc) is 3.12. The Bertz CT molecular complexity index is 801. The molecule has 0 spiro atoms. The molecule has 4 atom stereocenters. The van der Waals surface area contributed by atoms with E-state index in [2.05, 4.69) is 79.5 Å². The number of likely N-dealkylation sites (N-methyl/N-ethyl adjacent to an activating group) is 1. The fourth-order valence-electron chi connectivity index (χ4n) is 5.03. The lowest BCUT2D eigenvalue weighted by molar-refractivity contribution is 0.0192. The second kappa shape index (κ2) is 13.4. The van der Waals surface area contributed by atoms with E-state index in [1.807, 2.05) is 6.07 Å². The van der Waals surface area contributed by atoms with Crippen LogP contribution in [0.3, 0.4) is 0 Å². The minimum Gasteiger partial charge on any atom is -0.372 e. The van der Waals surface area contributed by atoms with Crippen LogP contribution in [0.2, 0.25) is 0 Å². The van der Waals surface area contributed by atoms with Crippen molar-refractivity contribution in [3.63, 3.8) is 0 Å². The molecule has 1 unspecified atom stereocenters. The average molecular weight is 433 g/mol. The Kier molecular flexibility index (Phi) is 10.3. The van der Waals surface area contributed by atoms with Gasteiger partial charge < -0.3 is 4.74 Å². The number of likely N-dealkylation sites (tertiary alicyclic amines) is 1. The lowest BCUT2D eigenvalue weighted by atomic mass is 9.93. The lowest BCUT2D eigenvalue weighted by Crippen LogP contribution is -2.38. The molecule has 172 valence electrons. The fourth-order valence-corrected chi connectivity index (χ4v) is 5.03. The van der Waals surface area contributed by atoms with E-state index >= 15 is 0 Å². The van der Waals surface area contributed by atoms with Gasteiger partial charge in [-0.3, -0.25) is 4.90 Å². The first-order chi connectivity index (χ1) is 15.7. The third-order valence-electron chi connectivity index (χ3n) is 7.02. The number of nitrogens with zero attached hydrogens (tertiary/aromatic N) is 2. The second-order valence-corrected chi connectivity index (χ2v) is 9.41. The normalized spacial score (nSPS) is 22.0. The van der Waals surface area contributed by atoms with Crippen molar-refractivity contribution >= 4 is 0 Å². The number of unbranched alkanes of at least 4 members (excludes halogenated alkanes) is 4. The third-order valence-corrected chi connectivity index (χ3v) is 7.02. The summed E-state index contributed by atoms with van der Waals surface area (Å²) >= 11 is 0. The molecule has 0 N–H and O–H groups in total. The van der Waals surface area contributed by atoms with Gasteiger partial charge in [-0.15, -0.1) is 0 Å². The maximum Gasteiger partial charge on any atom is 0.0752 e. The van der Waals surface area contributed by atoms with Crippen molar-refractivity contribution in [2.75, 3.05) is 7.05 Å². The van der Waals surface area contributed by atoms with Gasteiger partial charge in [0.05, 0.1) is 18.8 Å². The zero-order valence-electron chi connectivity index (χ0n) is 20.0. The van der Waals surface area contributed by atoms with Gasteiger partial charge in [-0.05, 0) is 43.9 Å². The van der Waals surface area contributed by atoms with Crippen LogP contribution >= 0.6 is 0 Å². The van der Waals surface area contributed by atoms with Gasteiger partial charge in [-0.2, -0.15) is 5.26 Å². The van der Waals surface area contributed by atoms with Crippen LogP contribution in [0.1, 0.15) is 69.4 Å². The van der Waals surface area contributed by atoms with Gasteiger partial charge >= 0.3 is 0 Å². The largest absolute Gasteiger partial charge is 0.372 e. The Balaban J connectivity index is 1.61. The SMILES string of the molecule is CCCCCCCC(C#N)C[C@@H]1C[C@H](OCc2ccccc2)[C@H](Cc2ccccc2)N1C. The molecule has 0 radical (unpaired) electrons. The monoisotopic (exact) mass is 432 g/mol. The van der Waals surface area contributed by atoms with Gasteiger partial charge in [0.2, 0.25) is 0 Å². The molecule has 3 heteroatoms. The highest BCUT2D eigenvalue weighted by molar-refractivity contribution is 5.18. The third kappa shape index (κ3) is 7.47. The van der Waals surface area contributed by atoms with Crippen LogP contribution in [-0.4, -0.2) is 30.1 Å². The Morgan fingerprint density at radius 1 is 0.969 bits per heavy atom. The lowest BCUT2D eigenvalue weighted by Gasteiger charge is -2.28. The van der Waals surface area contributed by atoms with Gasteiger partial charge in [0.25, 0.3) is 0 Å². The van der Waals surface area contributed by atoms with Gasteiger partial charge in [0, 0.05) is 18.0 Å². The molecule has 2 aromatic rings. The summed E-state index contributed by atoms with van der Waals surface area (Å²) in [5, 5.41) is 9.79. The summed E-state index contributed by atoms with van der Waals surface area (Å²) in [5.74, 6) is 0.148. The molecule has 0 aliphatic carbocycles. The maximum atomic E-state index is 9.79. The van der Waals surface area contributed by atoms with Crippen LogP contribution in [0, 0.1) is 17.2 Å². The number of benzene rings is 2. The molecular formula is C29H40N2O. The molecule has 3 rings (SSSR count). The quantitative estimate of drug-likeness (QED) is 0.327. The maximum absolute atomic E-state index is 9.79. The van der Waals surface area contributed by atoms with Crippen molar-refractivity contribution in [2.24, 2.45) is 5.92 Å². The van der Waals surface area contributed by atoms with Crippen molar-refractivity contribution in [1.82, 2.24) is 4.90 Å². The summed E-state index contributed by atoms with van der Waals surface area (Å²) in [4.78, 5) is 2.50. The summed E-state index contributed by atoms with van der Waals surface area (Å²) < 4.78 is 6.49.